The molecule has 0 spiro atoms. The lowest BCUT2D eigenvalue weighted by molar-refractivity contribution is 0.405. The molecule has 1 aliphatic carbocycles. The van der Waals surface area contributed by atoms with E-state index < -0.39 is 0 Å². The maximum atomic E-state index is 4.09. The molecule has 2 rings (SSSR count). The Hall–Kier alpha value is -0.970. The van der Waals surface area contributed by atoms with Crippen LogP contribution in [0.2, 0.25) is 0 Å². The molecule has 5 heteroatoms. The molecule has 1 saturated carbocycles. The van der Waals surface area contributed by atoms with Gasteiger partial charge in [-0.2, -0.15) is 5.21 Å². The number of H-pyrrole nitrogens is 1. The highest BCUT2D eigenvalue weighted by Crippen LogP contribution is 2.35. The van der Waals surface area contributed by atoms with Gasteiger partial charge in [-0.05, 0) is 25.8 Å². The van der Waals surface area contributed by atoms with Crippen LogP contribution in [0.4, 0.5) is 0 Å². The number of hydrogen-bond acceptors (Lipinski definition) is 4. The second kappa shape index (κ2) is 4.50. The van der Waals surface area contributed by atoms with Crippen LogP contribution in [0.1, 0.15) is 37.4 Å². The van der Waals surface area contributed by atoms with E-state index in [4.69, 9.17) is 0 Å². The molecule has 1 fully saturated rings. The van der Waals surface area contributed by atoms with Gasteiger partial charge in [-0.25, -0.2) is 0 Å². The molecule has 1 heterocycles. The van der Waals surface area contributed by atoms with Crippen molar-refractivity contribution in [2.24, 2.45) is 5.92 Å². The molecule has 14 heavy (non-hydrogen) atoms. The number of tetrazole rings is 1. The number of aromatic nitrogens is 4. The van der Waals surface area contributed by atoms with Crippen LogP contribution in [-0.2, 0) is 0 Å². The second-order valence-electron chi connectivity index (χ2n) is 3.98. The molecular weight excluding hydrogens is 178 g/mol. The first-order valence-electron chi connectivity index (χ1n) is 5.29. The molecule has 2 N–H and O–H groups in total. The normalized spacial score (nSPS) is 20.1. The zero-order valence-electron chi connectivity index (χ0n) is 8.53. The van der Waals surface area contributed by atoms with Crippen molar-refractivity contribution < 1.29 is 0 Å². The van der Waals surface area contributed by atoms with E-state index in [1.54, 1.807) is 0 Å². The Morgan fingerprint density at radius 2 is 2.29 bits per heavy atom. The van der Waals surface area contributed by atoms with Crippen molar-refractivity contribution in [3.63, 3.8) is 0 Å². The van der Waals surface area contributed by atoms with Crippen LogP contribution in [0.25, 0.3) is 0 Å². The summed E-state index contributed by atoms with van der Waals surface area (Å²) < 4.78 is 0. The van der Waals surface area contributed by atoms with Crippen molar-refractivity contribution >= 4 is 0 Å². The van der Waals surface area contributed by atoms with Gasteiger partial charge in [-0.1, -0.05) is 18.1 Å². The lowest BCUT2D eigenvalue weighted by Gasteiger charge is -2.19. The second-order valence-corrected chi connectivity index (χ2v) is 3.98. The number of likely N-dealkylation sites (N-methyl/N-ethyl adjacent to an activating group) is 1. The topological polar surface area (TPSA) is 66.5 Å². The summed E-state index contributed by atoms with van der Waals surface area (Å²) in [7, 11) is 1.97. The van der Waals surface area contributed by atoms with E-state index in [2.05, 4.69) is 25.9 Å². The highest BCUT2D eigenvalue weighted by atomic mass is 15.5. The lowest BCUT2D eigenvalue weighted by Crippen LogP contribution is -2.24. The summed E-state index contributed by atoms with van der Waals surface area (Å²) in [5.74, 6) is 2.03. The van der Waals surface area contributed by atoms with Crippen molar-refractivity contribution in [1.29, 1.82) is 0 Å². The van der Waals surface area contributed by atoms with E-state index >= 15 is 0 Å². The molecule has 0 aliphatic heterocycles. The lowest BCUT2D eigenvalue weighted by atomic mass is 9.90. The van der Waals surface area contributed by atoms with E-state index in [1.807, 2.05) is 7.05 Å². The molecule has 0 bridgehead atoms. The fourth-order valence-corrected chi connectivity index (χ4v) is 2.38. The summed E-state index contributed by atoms with van der Waals surface area (Å²) in [5.41, 5.74) is 0. The maximum absolute atomic E-state index is 4.09. The van der Waals surface area contributed by atoms with Crippen LogP contribution in [0.3, 0.4) is 0 Å². The fourth-order valence-electron chi connectivity index (χ4n) is 2.38. The van der Waals surface area contributed by atoms with Crippen LogP contribution in [0.5, 0.6) is 0 Å². The van der Waals surface area contributed by atoms with Gasteiger partial charge in [0.2, 0.25) is 0 Å². The number of hydrogen-bond donors (Lipinski definition) is 2. The minimum Gasteiger partial charge on any atom is -0.319 e. The minimum atomic E-state index is 0.432. The molecule has 1 aliphatic rings. The Balaban J connectivity index is 2.06. The van der Waals surface area contributed by atoms with E-state index in [-0.39, 0.29) is 0 Å². The van der Waals surface area contributed by atoms with Crippen LogP contribution < -0.4 is 5.32 Å². The first kappa shape index (κ1) is 9.58. The fraction of sp³-hybridized carbons (Fsp3) is 0.889. The highest BCUT2D eigenvalue weighted by Gasteiger charge is 2.28. The average molecular weight is 195 g/mol. The highest BCUT2D eigenvalue weighted by molar-refractivity contribution is 4.97. The summed E-state index contributed by atoms with van der Waals surface area (Å²) in [6, 6.07) is 0. The molecule has 0 radical (unpaired) electrons. The van der Waals surface area contributed by atoms with Crippen molar-refractivity contribution in [1.82, 2.24) is 25.9 Å². The maximum Gasteiger partial charge on any atom is 0.179 e. The SMILES string of the molecule is CNCC(c1nn[nH]n1)C1CCCC1. The molecule has 0 amide bonds. The molecule has 1 atom stereocenters. The summed E-state index contributed by atoms with van der Waals surface area (Å²) in [6.45, 7) is 0.949. The van der Waals surface area contributed by atoms with Gasteiger partial charge in [0.15, 0.2) is 5.82 Å². The quantitative estimate of drug-likeness (QED) is 0.742. The Bertz CT molecular complexity index is 252. The third-order valence-corrected chi connectivity index (χ3v) is 3.09. The third kappa shape index (κ3) is 1.92. The molecular formula is C9H17N5. The molecule has 1 aromatic heterocycles. The molecule has 1 aromatic rings. The van der Waals surface area contributed by atoms with Crippen LogP contribution >= 0.6 is 0 Å². The first-order valence-corrected chi connectivity index (χ1v) is 5.29. The Morgan fingerprint density at radius 3 is 2.86 bits per heavy atom. The van der Waals surface area contributed by atoms with Gasteiger partial charge in [-0.3, -0.25) is 0 Å². The van der Waals surface area contributed by atoms with Crippen molar-refractivity contribution in [2.75, 3.05) is 13.6 Å². The van der Waals surface area contributed by atoms with E-state index in [0.29, 0.717) is 5.92 Å². The third-order valence-electron chi connectivity index (χ3n) is 3.09. The average Bonchev–Trinajstić information content (AvgIpc) is 2.87. The predicted molar refractivity (Wildman–Crippen MR) is 52.8 cm³/mol. The smallest absolute Gasteiger partial charge is 0.179 e. The Morgan fingerprint density at radius 1 is 1.50 bits per heavy atom. The van der Waals surface area contributed by atoms with Crippen molar-refractivity contribution in [3.8, 4) is 0 Å². The van der Waals surface area contributed by atoms with Gasteiger partial charge >= 0.3 is 0 Å². The number of nitrogens with one attached hydrogen (secondary N) is 2. The van der Waals surface area contributed by atoms with Gasteiger partial charge in [0, 0.05) is 12.5 Å². The van der Waals surface area contributed by atoms with Crippen molar-refractivity contribution in [3.05, 3.63) is 5.82 Å². The summed E-state index contributed by atoms with van der Waals surface area (Å²) in [6.07, 6.45) is 5.31. The van der Waals surface area contributed by atoms with Gasteiger partial charge in [0.1, 0.15) is 0 Å². The standard InChI is InChI=1S/C9H17N5/c1-10-6-8(7-4-2-3-5-7)9-11-13-14-12-9/h7-8,10H,2-6H2,1H3,(H,11,12,13,14). The van der Waals surface area contributed by atoms with Crippen LogP contribution in [0.15, 0.2) is 0 Å². The van der Waals surface area contributed by atoms with E-state index in [1.165, 1.54) is 25.7 Å². The number of aromatic amines is 1. The predicted octanol–water partition coefficient (Wildman–Crippen LogP) is 0.693. The van der Waals surface area contributed by atoms with Crippen LogP contribution in [-0.4, -0.2) is 34.2 Å². The molecule has 78 valence electrons. The van der Waals surface area contributed by atoms with E-state index in [0.717, 1.165) is 18.3 Å². The minimum absolute atomic E-state index is 0.432. The molecule has 5 nitrogen and oxygen atoms in total. The van der Waals surface area contributed by atoms with Gasteiger partial charge in [0.25, 0.3) is 0 Å². The largest absolute Gasteiger partial charge is 0.319 e. The van der Waals surface area contributed by atoms with Crippen LogP contribution in [0, 0.1) is 5.92 Å². The Kier molecular flexibility index (Phi) is 3.08. The number of nitrogens with zero attached hydrogens (tertiary/aromatic N) is 3. The van der Waals surface area contributed by atoms with Gasteiger partial charge in [-0.15, -0.1) is 10.2 Å². The van der Waals surface area contributed by atoms with E-state index in [9.17, 15) is 0 Å². The van der Waals surface area contributed by atoms with Crippen molar-refractivity contribution in [2.45, 2.75) is 31.6 Å². The molecule has 1 unspecified atom stereocenters. The van der Waals surface area contributed by atoms with Gasteiger partial charge < -0.3 is 5.32 Å². The first-order chi connectivity index (χ1) is 6.92. The number of rotatable bonds is 4. The summed E-state index contributed by atoms with van der Waals surface area (Å²) in [4.78, 5) is 0. The zero-order valence-corrected chi connectivity index (χ0v) is 8.53. The monoisotopic (exact) mass is 195 g/mol. The summed E-state index contributed by atoms with van der Waals surface area (Å²) in [5, 5.41) is 17.6. The zero-order chi connectivity index (χ0) is 9.80. The summed E-state index contributed by atoms with van der Waals surface area (Å²) >= 11 is 0. The molecule has 0 aromatic carbocycles. The van der Waals surface area contributed by atoms with Gasteiger partial charge in [0.05, 0.1) is 0 Å². The Labute approximate surface area is 83.7 Å². The molecule has 0 saturated heterocycles.